The first-order valence-electron chi connectivity index (χ1n) is 20.6. The van der Waals surface area contributed by atoms with E-state index in [1.54, 1.807) is 21.5 Å². The Labute approximate surface area is 330 Å². The summed E-state index contributed by atoms with van der Waals surface area (Å²) in [5.41, 5.74) is 20.5. The molecular weight excluding hydrogens is 685 g/mol. The molecule has 4 bridgehead atoms. The predicted octanol–water partition coefficient (Wildman–Crippen LogP) is 12.3. The molecule has 0 fully saturated rings. The van der Waals surface area contributed by atoms with Gasteiger partial charge in [-0.2, -0.15) is 0 Å². The van der Waals surface area contributed by atoms with E-state index in [1.807, 2.05) is 0 Å². The number of furan rings is 1. The highest BCUT2D eigenvalue weighted by atomic mass is 32.2. The molecule has 2 nitrogen and oxygen atoms in total. The zero-order chi connectivity index (χ0) is 37.5. The number of rotatable bonds is 0. The summed E-state index contributed by atoms with van der Waals surface area (Å²) in [7, 11) is 0. The summed E-state index contributed by atoms with van der Waals surface area (Å²) in [5, 5.41) is 2.94. The molecule has 0 amide bonds. The summed E-state index contributed by atoms with van der Waals surface area (Å²) in [6.45, 7) is 19.5. The first-order chi connectivity index (χ1) is 26.3. The Bertz CT molecular complexity index is 2770. The molecule has 4 atom stereocenters. The predicted molar refractivity (Wildman–Crippen MR) is 235 cm³/mol. The summed E-state index contributed by atoms with van der Waals surface area (Å²) in [6, 6.07) is 26.4. The van der Waals surface area contributed by atoms with E-state index in [0.717, 1.165) is 17.6 Å². The van der Waals surface area contributed by atoms with Crippen molar-refractivity contribution in [2.75, 3.05) is 4.90 Å². The summed E-state index contributed by atoms with van der Waals surface area (Å²) >= 11 is 2.19. The first kappa shape index (κ1) is 32.8. The van der Waals surface area contributed by atoms with Crippen molar-refractivity contribution in [3.63, 3.8) is 0 Å². The van der Waals surface area contributed by atoms with Gasteiger partial charge in [0.1, 0.15) is 11.2 Å². The number of anilines is 3. The molecule has 55 heavy (non-hydrogen) atoms. The zero-order valence-corrected chi connectivity index (χ0v) is 34.1. The molecule has 4 unspecified atom stereocenters. The minimum absolute atomic E-state index is 0.00588. The Balaban J connectivity index is 1.25. The quantitative estimate of drug-likeness (QED) is 0.148. The molecule has 5 aromatic rings. The SMILES string of the molecule is CC(C)(C)c1ccc2c(c1)N1c3cc(cc4c3B2C2=CC(C(C)(C)C)CC3C5=C(C=C4C23)C2=CC=CCC2S5)C(C)(C)c2ccc3oc4cccc1c4c3c2. The third kappa shape index (κ3) is 4.25. The van der Waals surface area contributed by atoms with Crippen LogP contribution in [0.4, 0.5) is 17.1 Å². The maximum atomic E-state index is 6.66. The number of nitrogens with zero attached hydrogens (tertiary/aromatic N) is 1. The van der Waals surface area contributed by atoms with Crippen LogP contribution in [0.5, 0.6) is 0 Å². The maximum absolute atomic E-state index is 6.66. The fraction of sp³-hybridized carbons (Fsp3) is 0.333. The van der Waals surface area contributed by atoms with Gasteiger partial charge in [-0.1, -0.05) is 115 Å². The van der Waals surface area contributed by atoms with Gasteiger partial charge in [-0.25, -0.2) is 0 Å². The number of benzene rings is 4. The van der Waals surface area contributed by atoms with Crippen LogP contribution < -0.4 is 15.8 Å². The van der Waals surface area contributed by atoms with Gasteiger partial charge in [0.05, 0.1) is 11.1 Å². The minimum atomic E-state index is -0.228. The highest BCUT2D eigenvalue weighted by Gasteiger charge is 2.54. The molecule has 0 spiro atoms. The Kier molecular flexibility index (Phi) is 6.26. The molecule has 3 aliphatic carbocycles. The van der Waals surface area contributed by atoms with E-state index >= 15 is 0 Å². The summed E-state index contributed by atoms with van der Waals surface area (Å²) in [5.74, 6) is 1.36. The van der Waals surface area contributed by atoms with Gasteiger partial charge in [0, 0.05) is 39.3 Å². The van der Waals surface area contributed by atoms with E-state index < -0.39 is 0 Å². The lowest BCUT2D eigenvalue weighted by molar-refractivity contribution is 0.232. The largest absolute Gasteiger partial charge is 0.456 e. The highest BCUT2D eigenvalue weighted by molar-refractivity contribution is 8.04. The van der Waals surface area contributed by atoms with Gasteiger partial charge in [-0.15, -0.1) is 11.8 Å². The van der Waals surface area contributed by atoms with Crippen LogP contribution in [0, 0.1) is 23.2 Å². The van der Waals surface area contributed by atoms with E-state index in [0.29, 0.717) is 23.0 Å². The highest BCUT2D eigenvalue weighted by Crippen LogP contribution is 2.63. The molecule has 4 aliphatic heterocycles. The Morgan fingerprint density at radius 2 is 1.71 bits per heavy atom. The monoisotopic (exact) mass is 733 g/mol. The van der Waals surface area contributed by atoms with Gasteiger partial charge in [0.2, 0.25) is 6.71 Å². The molecule has 4 heteroatoms. The molecular formula is C51H48BNOS. The van der Waals surface area contributed by atoms with Gasteiger partial charge in [0.25, 0.3) is 0 Å². The fourth-order valence-corrected chi connectivity index (χ4v) is 13.0. The molecule has 0 saturated carbocycles. The number of fused-ring (bicyclic) bond motifs is 11. The summed E-state index contributed by atoms with van der Waals surface area (Å²) in [6.07, 6.45) is 14.9. The first-order valence-corrected chi connectivity index (χ1v) is 21.5. The Morgan fingerprint density at radius 1 is 0.855 bits per heavy atom. The molecule has 7 aliphatic rings. The van der Waals surface area contributed by atoms with Crippen LogP contribution in [0.25, 0.3) is 27.5 Å². The van der Waals surface area contributed by atoms with Crippen molar-refractivity contribution in [2.24, 2.45) is 23.2 Å². The van der Waals surface area contributed by atoms with Gasteiger partial charge in [-0.05, 0) is 127 Å². The molecule has 0 radical (unpaired) electrons. The van der Waals surface area contributed by atoms with Gasteiger partial charge in [0.15, 0.2) is 0 Å². The number of hydrogen-bond donors (Lipinski definition) is 0. The zero-order valence-electron chi connectivity index (χ0n) is 33.3. The van der Waals surface area contributed by atoms with Crippen molar-refractivity contribution in [3.05, 3.63) is 141 Å². The van der Waals surface area contributed by atoms with Crippen molar-refractivity contribution in [2.45, 2.75) is 84.3 Å². The Morgan fingerprint density at radius 3 is 2.53 bits per heavy atom. The fourth-order valence-electron chi connectivity index (χ4n) is 11.5. The average molecular weight is 734 g/mol. The van der Waals surface area contributed by atoms with E-state index in [1.165, 1.54) is 73.0 Å². The molecule has 272 valence electrons. The van der Waals surface area contributed by atoms with E-state index in [9.17, 15) is 0 Å². The standard InChI is InChI=1S/C51H48BNOS/c1-49(2,3)27-16-18-37-40(24-27)53-39-13-11-14-43-46(39)35-20-28(17-19-42(35)54-43)51(7,8)30-22-33-32-26-34-31-12-9-10-15-44(31)55-48(34)36-21-29(50(4,5)6)23-38(45(32)36)52(37)47(33)41(53)25-30/h9-14,16-20,22-26,29,36,44-45H,15,21H2,1-8H3. The third-order valence-corrected chi connectivity index (χ3v) is 16.1. The molecule has 4 aromatic carbocycles. The van der Waals surface area contributed by atoms with Crippen molar-refractivity contribution in [1.29, 1.82) is 0 Å². The van der Waals surface area contributed by atoms with E-state index in [-0.39, 0.29) is 23.0 Å². The smallest absolute Gasteiger partial charge is 0.243 e. The van der Waals surface area contributed by atoms with Crippen LogP contribution in [-0.4, -0.2) is 12.0 Å². The lowest BCUT2D eigenvalue weighted by atomic mass is 9.27. The topological polar surface area (TPSA) is 16.4 Å². The normalized spacial score (nSPS) is 25.1. The van der Waals surface area contributed by atoms with E-state index in [2.05, 4.69) is 169 Å². The van der Waals surface area contributed by atoms with Crippen molar-refractivity contribution in [1.82, 2.24) is 0 Å². The number of allylic oxidation sites excluding steroid dienone is 9. The van der Waals surface area contributed by atoms with Crippen molar-refractivity contribution in [3.8, 4) is 0 Å². The average Bonchev–Trinajstić information content (AvgIpc) is 3.73. The van der Waals surface area contributed by atoms with Crippen LogP contribution in [0.1, 0.15) is 90.5 Å². The van der Waals surface area contributed by atoms with Gasteiger partial charge < -0.3 is 9.32 Å². The lowest BCUT2D eigenvalue weighted by Gasteiger charge is -2.51. The van der Waals surface area contributed by atoms with Crippen LogP contribution in [0.2, 0.25) is 0 Å². The molecule has 12 rings (SSSR count). The van der Waals surface area contributed by atoms with Crippen molar-refractivity contribution >= 4 is 74.0 Å². The molecule has 1 aromatic heterocycles. The third-order valence-electron chi connectivity index (χ3n) is 14.6. The molecule has 0 N–H and O–H groups in total. The second kappa shape index (κ2) is 10.5. The molecule has 5 heterocycles. The summed E-state index contributed by atoms with van der Waals surface area (Å²) < 4.78 is 6.66. The van der Waals surface area contributed by atoms with Crippen LogP contribution in [0.15, 0.2) is 123 Å². The number of hydrogen-bond acceptors (Lipinski definition) is 3. The van der Waals surface area contributed by atoms with Gasteiger partial charge in [-0.3, -0.25) is 0 Å². The minimum Gasteiger partial charge on any atom is -0.456 e. The Hall–Kier alpha value is -4.41. The second-order valence-electron chi connectivity index (χ2n) is 20.1. The van der Waals surface area contributed by atoms with Crippen LogP contribution in [0.3, 0.4) is 0 Å². The van der Waals surface area contributed by atoms with Crippen molar-refractivity contribution < 1.29 is 4.42 Å². The lowest BCUT2D eigenvalue weighted by Crippen LogP contribution is -2.58. The van der Waals surface area contributed by atoms with E-state index in [4.69, 9.17) is 4.42 Å². The van der Waals surface area contributed by atoms with Crippen LogP contribution in [-0.2, 0) is 10.8 Å². The second-order valence-corrected chi connectivity index (χ2v) is 21.3. The van der Waals surface area contributed by atoms with Gasteiger partial charge >= 0.3 is 0 Å². The summed E-state index contributed by atoms with van der Waals surface area (Å²) in [4.78, 5) is 4.32. The molecule has 0 saturated heterocycles. The van der Waals surface area contributed by atoms with Crippen LogP contribution >= 0.6 is 11.8 Å². The maximum Gasteiger partial charge on any atom is 0.243 e. The number of thioether (sulfide) groups is 1.